The molecule has 0 radical (unpaired) electrons. The Balaban J connectivity index is 1.65. The van der Waals surface area contributed by atoms with Gasteiger partial charge in [-0.1, -0.05) is 34.1 Å². The van der Waals surface area contributed by atoms with Crippen molar-refractivity contribution in [1.29, 1.82) is 0 Å². The van der Waals surface area contributed by atoms with Crippen LogP contribution in [0.4, 0.5) is 0 Å². The maximum atomic E-state index is 13.4. The molecule has 12 heteroatoms. The number of aliphatic hydroxyl groups is 2. The zero-order valence-corrected chi connectivity index (χ0v) is 26.6. The maximum absolute atomic E-state index is 13.4. The van der Waals surface area contributed by atoms with Gasteiger partial charge in [0.25, 0.3) is 10.2 Å². The summed E-state index contributed by atoms with van der Waals surface area (Å²) in [6, 6.07) is -0.578. The lowest BCUT2D eigenvalue weighted by Gasteiger charge is -2.34. The molecule has 230 valence electrons. The lowest BCUT2D eigenvalue weighted by Crippen LogP contribution is -2.46. The van der Waals surface area contributed by atoms with Gasteiger partial charge in [0.2, 0.25) is 0 Å². The summed E-state index contributed by atoms with van der Waals surface area (Å²) in [5.41, 5.74) is 0.184. The fraction of sp³-hybridized carbons (Fsp3) is 0.759. The van der Waals surface area contributed by atoms with Crippen LogP contribution in [0.3, 0.4) is 0 Å². The van der Waals surface area contributed by atoms with Crippen LogP contribution >= 0.6 is 11.3 Å². The van der Waals surface area contributed by atoms with Crippen molar-refractivity contribution in [3.63, 3.8) is 0 Å². The van der Waals surface area contributed by atoms with E-state index in [1.54, 1.807) is 25.1 Å². The molecular formula is C29H45N3O7S2. The van der Waals surface area contributed by atoms with Crippen LogP contribution in [0.5, 0.6) is 0 Å². The number of carbonyl (C=O) groups excluding carboxylic acids is 2. The van der Waals surface area contributed by atoms with Crippen LogP contribution in [0.1, 0.15) is 83.8 Å². The Hall–Kier alpha value is -1.70. The summed E-state index contributed by atoms with van der Waals surface area (Å²) in [6.07, 6.45) is 1.51. The van der Waals surface area contributed by atoms with Gasteiger partial charge in [-0.2, -0.15) is 17.0 Å². The summed E-state index contributed by atoms with van der Waals surface area (Å²) in [5, 5.41) is 24.8. The minimum atomic E-state index is -3.63. The molecule has 4 heterocycles. The monoisotopic (exact) mass is 611 g/mol. The van der Waals surface area contributed by atoms with E-state index >= 15 is 0 Å². The summed E-state index contributed by atoms with van der Waals surface area (Å²) in [4.78, 5) is 31.0. The van der Waals surface area contributed by atoms with Gasteiger partial charge in [-0.3, -0.25) is 9.59 Å². The molecule has 0 saturated carbocycles. The molecule has 3 aliphatic rings. The number of hydrogen-bond acceptors (Lipinski definition) is 9. The molecule has 1 aromatic heterocycles. The van der Waals surface area contributed by atoms with Crippen LogP contribution in [-0.4, -0.2) is 87.5 Å². The number of hydrogen-bond donors (Lipinski definition) is 2. The average molecular weight is 612 g/mol. The van der Waals surface area contributed by atoms with E-state index in [1.165, 1.54) is 15.6 Å². The fourth-order valence-corrected chi connectivity index (χ4v) is 8.70. The summed E-state index contributed by atoms with van der Waals surface area (Å²) in [5.74, 6) is -1.93. The molecule has 2 N–H and O–H groups in total. The van der Waals surface area contributed by atoms with Crippen molar-refractivity contribution in [2.45, 2.75) is 110 Å². The van der Waals surface area contributed by atoms with Crippen molar-refractivity contribution in [1.82, 2.24) is 13.6 Å². The normalized spacial score (nSPS) is 36.2. The van der Waals surface area contributed by atoms with E-state index in [1.807, 2.05) is 32.2 Å². The largest absolute Gasteiger partial charge is 0.458 e. The molecule has 0 aromatic carbocycles. The second-order valence-corrected chi connectivity index (χ2v) is 15.5. The number of cyclic esters (lactones) is 1. The number of ketones is 1. The van der Waals surface area contributed by atoms with Gasteiger partial charge in [0.15, 0.2) is 0 Å². The first-order chi connectivity index (χ1) is 19.1. The number of nitrogens with zero attached hydrogens (tertiary/aromatic N) is 3. The van der Waals surface area contributed by atoms with Crippen LogP contribution in [0.25, 0.3) is 6.08 Å². The summed E-state index contributed by atoms with van der Waals surface area (Å²) in [7, 11) is -3.63. The van der Waals surface area contributed by atoms with E-state index < -0.39 is 52.2 Å². The topological polar surface area (TPSA) is 137 Å². The van der Waals surface area contributed by atoms with E-state index in [2.05, 4.69) is 4.98 Å². The molecule has 0 bridgehead atoms. The number of esters is 1. The van der Waals surface area contributed by atoms with Gasteiger partial charge < -0.3 is 14.9 Å². The lowest BCUT2D eigenvalue weighted by molar-refractivity contribution is -0.154. The summed E-state index contributed by atoms with van der Waals surface area (Å²) in [6.45, 7) is 11.5. The predicted octanol–water partition coefficient (Wildman–Crippen LogP) is 3.32. The molecule has 1 aromatic rings. The number of Topliss-reactive ketones (excluding diaryl/α,β-unsaturated/α-hetero) is 1. The van der Waals surface area contributed by atoms with Gasteiger partial charge in [-0.25, -0.2) is 4.98 Å². The Kier molecular flexibility index (Phi) is 9.82. The smallest absolute Gasteiger partial charge is 0.309 e. The molecule has 3 saturated heterocycles. The average Bonchev–Trinajstić information content (AvgIpc) is 3.40. The number of rotatable bonds is 4. The molecule has 10 nitrogen and oxygen atoms in total. The molecule has 8 atom stereocenters. The predicted molar refractivity (Wildman–Crippen MR) is 157 cm³/mol. The van der Waals surface area contributed by atoms with E-state index in [9.17, 15) is 28.2 Å². The van der Waals surface area contributed by atoms with Crippen molar-refractivity contribution in [3.05, 3.63) is 21.7 Å². The van der Waals surface area contributed by atoms with Crippen LogP contribution in [0.2, 0.25) is 0 Å². The van der Waals surface area contributed by atoms with Gasteiger partial charge >= 0.3 is 5.97 Å². The van der Waals surface area contributed by atoms with Gasteiger partial charge in [-0.05, 0) is 50.7 Å². The zero-order chi connectivity index (χ0) is 30.3. The minimum Gasteiger partial charge on any atom is -0.458 e. The van der Waals surface area contributed by atoms with Crippen molar-refractivity contribution >= 4 is 39.4 Å². The van der Waals surface area contributed by atoms with Crippen LogP contribution in [0, 0.1) is 24.2 Å². The zero-order valence-electron chi connectivity index (χ0n) is 24.9. The molecule has 0 amide bonds. The first kappa shape index (κ1) is 32.2. The fourth-order valence-electron chi connectivity index (χ4n) is 6.04. The van der Waals surface area contributed by atoms with E-state index in [4.69, 9.17) is 4.74 Å². The number of aliphatic hydroxyl groups excluding tert-OH is 2. The Morgan fingerprint density at radius 1 is 1.15 bits per heavy atom. The first-order valence-electron chi connectivity index (χ1n) is 14.6. The molecule has 3 aliphatic heterocycles. The quantitative estimate of drug-likeness (QED) is 0.391. The number of fused-ring (bicyclic) bond motifs is 1. The number of carbonyl (C=O) groups is 2. The van der Waals surface area contributed by atoms with E-state index in [0.717, 1.165) is 22.7 Å². The molecule has 0 aliphatic carbocycles. The molecule has 8 unspecified atom stereocenters. The SMILES string of the molecule is C/C(=C\c1csc(C)n1)C1CC2C(CCCC(C)C(O)C(C)C(=O)C(C)(C)C(O)CC(=O)O1)N2S(=O)(=O)N1CCC1. The van der Waals surface area contributed by atoms with Gasteiger partial charge in [-0.15, -0.1) is 11.3 Å². The Bertz CT molecular complexity index is 1260. The van der Waals surface area contributed by atoms with E-state index in [-0.39, 0.29) is 30.2 Å². The number of thiazole rings is 1. The standard InChI is InChI=1S/C29H45N3O7S2/c1-17-9-7-10-22-23(32(22)41(37,38)31-11-8-12-31)14-24(18(2)13-21-16-40-20(4)30-21)39-26(34)15-25(33)29(5,6)28(36)19(3)27(17)35/h13,16-17,19,22-25,27,33,35H,7-12,14-15H2,1-6H3/b18-13+. The maximum Gasteiger partial charge on any atom is 0.309 e. The van der Waals surface area contributed by atoms with E-state index in [0.29, 0.717) is 32.4 Å². The third-order valence-corrected chi connectivity index (χ3v) is 12.0. The minimum absolute atomic E-state index is 0.197. The van der Waals surface area contributed by atoms with Gasteiger partial charge in [0, 0.05) is 42.9 Å². The van der Waals surface area contributed by atoms with Gasteiger partial charge in [0.1, 0.15) is 11.9 Å². The second kappa shape index (κ2) is 12.5. The lowest BCUT2D eigenvalue weighted by atomic mass is 9.73. The first-order valence-corrected chi connectivity index (χ1v) is 16.9. The van der Waals surface area contributed by atoms with Crippen molar-refractivity contribution in [3.8, 4) is 0 Å². The molecular weight excluding hydrogens is 566 g/mol. The summed E-state index contributed by atoms with van der Waals surface area (Å²) >= 11 is 1.51. The summed E-state index contributed by atoms with van der Waals surface area (Å²) < 4.78 is 35.8. The highest BCUT2D eigenvalue weighted by Gasteiger charge is 2.57. The Labute approximate surface area is 248 Å². The highest BCUT2D eigenvalue weighted by molar-refractivity contribution is 7.87. The molecule has 3 fully saturated rings. The van der Waals surface area contributed by atoms with Crippen molar-refractivity contribution < 1.29 is 33.0 Å². The van der Waals surface area contributed by atoms with Crippen molar-refractivity contribution in [2.75, 3.05) is 13.1 Å². The Morgan fingerprint density at radius 2 is 1.83 bits per heavy atom. The molecule has 0 spiro atoms. The van der Waals surface area contributed by atoms with Crippen molar-refractivity contribution in [2.24, 2.45) is 17.3 Å². The second-order valence-electron chi connectivity index (χ2n) is 12.6. The Morgan fingerprint density at radius 3 is 2.41 bits per heavy atom. The number of aromatic nitrogens is 1. The number of ether oxygens (including phenoxy) is 1. The highest BCUT2D eigenvalue weighted by atomic mass is 32.2. The van der Waals surface area contributed by atoms with Crippen LogP contribution < -0.4 is 0 Å². The van der Waals surface area contributed by atoms with Crippen LogP contribution in [0.15, 0.2) is 11.0 Å². The van der Waals surface area contributed by atoms with Gasteiger partial charge in [0.05, 0.1) is 34.7 Å². The number of aryl methyl sites for hydroxylation is 1. The molecule has 4 rings (SSSR count). The molecule has 41 heavy (non-hydrogen) atoms. The van der Waals surface area contributed by atoms with Crippen LogP contribution in [-0.2, 0) is 24.5 Å². The highest BCUT2D eigenvalue weighted by Crippen LogP contribution is 2.43. The third-order valence-electron chi connectivity index (χ3n) is 9.16. The third kappa shape index (κ3) is 6.94.